The number of rotatable bonds is 2. The van der Waals surface area contributed by atoms with Gasteiger partial charge in [-0.25, -0.2) is 14.5 Å². The number of benzene rings is 1. The molecule has 5 nitrogen and oxygen atoms in total. The van der Waals surface area contributed by atoms with Crippen LogP contribution in [0.5, 0.6) is 0 Å². The van der Waals surface area contributed by atoms with Gasteiger partial charge in [0.15, 0.2) is 5.65 Å². The largest absolute Gasteiger partial charge is 0.325 e. The lowest BCUT2D eigenvalue weighted by molar-refractivity contribution is 0.787. The van der Waals surface area contributed by atoms with Gasteiger partial charge in [0, 0.05) is 12.2 Å². The van der Waals surface area contributed by atoms with Crippen LogP contribution in [0.15, 0.2) is 43.0 Å². The third-order valence-electron chi connectivity index (χ3n) is 4.07. The van der Waals surface area contributed by atoms with E-state index in [9.17, 15) is 0 Å². The van der Waals surface area contributed by atoms with E-state index in [2.05, 4.69) is 57.7 Å². The Hall–Kier alpha value is -2.69. The Labute approximate surface area is 121 Å². The van der Waals surface area contributed by atoms with Crippen LogP contribution in [0.4, 0.5) is 0 Å². The minimum Gasteiger partial charge on any atom is -0.325 e. The summed E-state index contributed by atoms with van der Waals surface area (Å²) in [7, 11) is 0. The Morgan fingerprint density at radius 3 is 2.62 bits per heavy atom. The molecule has 0 saturated carbocycles. The zero-order valence-electron chi connectivity index (χ0n) is 12.0. The average Bonchev–Trinajstić information content (AvgIpc) is 3.07. The molecule has 1 aromatic carbocycles. The second-order valence-electron chi connectivity index (χ2n) is 5.25. The SMILES string of the molecule is Cc1c(C)n(Cc2ccccc2)c2ncn3ncnc3c12. The van der Waals surface area contributed by atoms with E-state index in [-0.39, 0.29) is 0 Å². The van der Waals surface area contributed by atoms with E-state index in [1.807, 2.05) is 6.07 Å². The molecule has 0 fully saturated rings. The van der Waals surface area contributed by atoms with Crippen LogP contribution >= 0.6 is 0 Å². The molecule has 0 aliphatic carbocycles. The van der Waals surface area contributed by atoms with E-state index in [4.69, 9.17) is 0 Å². The fourth-order valence-electron chi connectivity index (χ4n) is 2.83. The molecule has 0 aliphatic heterocycles. The normalized spacial score (nSPS) is 11.5. The molecule has 3 aromatic heterocycles. The zero-order chi connectivity index (χ0) is 14.4. The van der Waals surface area contributed by atoms with Gasteiger partial charge in [-0.15, -0.1) is 0 Å². The highest BCUT2D eigenvalue weighted by atomic mass is 15.3. The van der Waals surface area contributed by atoms with E-state index in [0.717, 1.165) is 23.2 Å². The summed E-state index contributed by atoms with van der Waals surface area (Å²) < 4.78 is 3.97. The molecule has 21 heavy (non-hydrogen) atoms. The van der Waals surface area contributed by atoms with Gasteiger partial charge in [-0.2, -0.15) is 5.10 Å². The summed E-state index contributed by atoms with van der Waals surface area (Å²) in [5.74, 6) is 0. The predicted molar refractivity (Wildman–Crippen MR) is 81.3 cm³/mol. The molecule has 4 rings (SSSR count). The standard InChI is InChI=1S/C16H15N5/c1-11-12(2)20(8-13-6-4-3-5-7-13)15-14(11)16-17-9-19-21(16)10-18-15/h3-7,9-10H,8H2,1-2H3. The first-order chi connectivity index (χ1) is 10.3. The highest BCUT2D eigenvalue weighted by Gasteiger charge is 2.16. The fourth-order valence-corrected chi connectivity index (χ4v) is 2.83. The van der Waals surface area contributed by atoms with E-state index in [0.29, 0.717) is 0 Å². The van der Waals surface area contributed by atoms with Gasteiger partial charge in [-0.1, -0.05) is 30.3 Å². The Kier molecular flexibility index (Phi) is 2.54. The van der Waals surface area contributed by atoms with E-state index >= 15 is 0 Å². The second-order valence-corrected chi connectivity index (χ2v) is 5.25. The van der Waals surface area contributed by atoms with Crippen molar-refractivity contribution in [1.82, 2.24) is 24.1 Å². The van der Waals surface area contributed by atoms with Gasteiger partial charge < -0.3 is 4.57 Å². The first-order valence-corrected chi connectivity index (χ1v) is 6.93. The van der Waals surface area contributed by atoms with Gasteiger partial charge in [-0.05, 0) is 25.0 Å². The fraction of sp³-hybridized carbons (Fsp3) is 0.188. The first kappa shape index (κ1) is 12.1. The van der Waals surface area contributed by atoms with Crippen molar-refractivity contribution in [3.05, 3.63) is 59.8 Å². The maximum atomic E-state index is 4.58. The van der Waals surface area contributed by atoms with Crippen molar-refractivity contribution >= 4 is 16.7 Å². The summed E-state index contributed by atoms with van der Waals surface area (Å²) in [6, 6.07) is 10.4. The average molecular weight is 277 g/mol. The minimum atomic E-state index is 0.814. The molecule has 0 saturated heterocycles. The number of nitrogens with zero attached hydrogens (tertiary/aromatic N) is 5. The number of fused-ring (bicyclic) bond motifs is 3. The van der Waals surface area contributed by atoms with Gasteiger partial charge in [0.1, 0.15) is 18.3 Å². The molecule has 5 heteroatoms. The Bertz CT molecular complexity index is 934. The van der Waals surface area contributed by atoms with Gasteiger partial charge in [-0.3, -0.25) is 0 Å². The molecule has 0 spiro atoms. The smallest absolute Gasteiger partial charge is 0.168 e. The molecular formula is C16H15N5. The zero-order valence-corrected chi connectivity index (χ0v) is 12.0. The Morgan fingerprint density at radius 1 is 1.00 bits per heavy atom. The van der Waals surface area contributed by atoms with Gasteiger partial charge in [0.2, 0.25) is 0 Å². The molecule has 3 heterocycles. The highest BCUT2D eigenvalue weighted by molar-refractivity contribution is 5.93. The Morgan fingerprint density at radius 2 is 1.81 bits per heavy atom. The lowest BCUT2D eigenvalue weighted by Gasteiger charge is -2.07. The number of aromatic nitrogens is 5. The van der Waals surface area contributed by atoms with Crippen LogP contribution in [0.2, 0.25) is 0 Å². The molecular weight excluding hydrogens is 262 g/mol. The van der Waals surface area contributed by atoms with Crippen LogP contribution < -0.4 is 0 Å². The summed E-state index contributed by atoms with van der Waals surface area (Å²) in [5, 5.41) is 5.25. The van der Waals surface area contributed by atoms with Crippen LogP contribution in [0.25, 0.3) is 16.7 Å². The molecule has 104 valence electrons. The predicted octanol–water partition coefficient (Wildman–Crippen LogP) is 2.74. The van der Waals surface area contributed by atoms with E-state index in [1.165, 1.54) is 16.8 Å². The lowest BCUT2D eigenvalue weighted by Crippen LogP contribution is -2.03. The second kappa shape index (κ2) is 4.41. The summed E-state index contributed by atoms with van der Waals surface area (Å²) in [6.07, 6.45) is 3.30. The molecule has 0 atom stereocenters. The van der Waals surface area contributed by atoms with Crippen LogP contribution in [0, 0.1) is 13.8 Å². The third kappa shape index (κ3) is 1.74. The van der Waals surface area contributed by atoms with Crippen molar-refractivity contribution in [3.8, 4) is 0 Å². The molecule has 0 N–H and O–H groups in total. The van der Waals surface area contributed by atoms with Crippen molar-refractivity contribution in [2.45, 2.75) is 20.4 Å². The maximum Gasteiger partial charge on any atom is 0.168 e. The van der Waals surface area contributed by atoms with Crippen LogP contribution in [-0.4, -0.2) is 24.1 Å². The summed E-state index contributed by atoms with van der Waals surface area (Å²) in [5.41, 5.74) is 5.53. The summed E-state index contributed by atoms with van der Waals surface area (Å²) >= 11 is 0. The Balaban J connectivity index is 1.99. The van der Waals surface area contributed by atoms with Gasteiger partial charge >= 0.3 is 0 Å². The molecule has 4 aromatic rings. The van der Waals surface area contributed by atoms with Crippen molar-refractivity contribution < 1.29 is 0 Å². The van der Waals surface area contributed by atoms with Crippen LogP contribution in [0.3, 0.4) is 0 Å². The van der Waals surface area contributed by atoms with Crippen molar-refractivity contribution in [1.29, 1.82) is 0 Å². The molecule has 0 bridgehead atoms. The minimum absolute atomic E-state index is 0.814. The van der Waals surface area contributed by atoms with Crippen LogP contribution in [-0.2, 0) is 6.54 Å². The highest BCUT2D eigenvalue weighted by Crippen LogP contribution is 2.26. The topological polar surface area (TPSA) is 48.0 Å². The summed E-state index contributed by atoms with van der Waals surface area (Å²) in [6.45, 7) is 5.07. The quantitative estimate of drug-likeness (QED) is 0.566. The van der Waals surface area contributed by atoms with E-state index in [1.54, 1.807) is 17.2 Å². The third-order valence-corrected chi connectivity index (χ3v) is 4.07. The molecule has 0 unspecified atom stereocenters. The first-order valence-electron chi connectivity index (χ1n) is 6.93. The maximum absolute atomic E-state index is 4.58. The van der Waals surface area contributed by atoms with Gasteiger partial charge in [0.25, 0.3) is 0 Å². The van der Waals surface area contributed by atoms with Crippen molar-refractivity contribution in [2.75, 3.05) is 0 Å². The number of aryl methyl sites for hydroxylation is 1. The number of hydrogen-bond donors (Lipinski definition) is 0. The van der Waals surface area contributed by atoms with E-state index < -0.39 is 0 Å². The van der Waals surface area contributed by atoms with Crippen molar-refractivity contribution in [2.24, 2.45) is 0 Å². The van der Waals surface area contributed by atoms with Gasteiger partial charge in [0.05, 0.1) is 5.39 Å². The molecule has 0 radical (unpaired) electrons. The lowest BCUT2D eigenvalue weighted by atomic mass is 10.2. The molecule has 0 aliphatic rings. The number of hydrogen-bond acceptors (Lipinski definition) is 3. The monoisotopic (exact) mass is 277 g/mol. The molecule has 0 amide bonds. The summed E-state index contributed by atoms with van der Waals surface area (Å²) in [4.78, 5) is 8.95. The van der Waals surface area contributed by atoms with Crippen molar-refractivity contribution in [3.63, 3.8) is 0 Å². The van der Waals surface area contributed by atoms with Crippen LogP contribution in [0.1, 0.15) is 16.8 Å².